The third-order valence-corrected chi connectivity index (χ3v) is 7.47. The number of benzene rings is 1. The molecule has 2 atom stereocenters. The van der Waals surface area contributed by atoms with E-state index in [2.05, 4.69) is 114 Å². The molecular weight excluding hydrogens is 496 g/mol. The second kappa shape index (κ2) is 18.4. The summed E-state index contributed by atoms with van der Waals surface area (Å²) < 4.78 is 0. The summed E-state index contributed by atoms with van der Waals surface area (Å²) in [6.07, 6.45) is 15.6. The lowest BCUT2D eigenvalue weighted by Crippen LogP contribution is -2.29. The fraction of sp³-hybridized carbons (Fsp3) is 0.436. The number of unbranched alkanes of at least 4 members (excludes halogenated alkanes) is 1. The molecule has 1 saturated carbocycles. The van der Waals surface area contributed by atoms with E-state index < -0.39 is 0 Å². The van der Waals surface area contributed by atoms with Gasteiger partial charge < -0.3 is 10.6 Å². The largest absolute Gasteiger partial charge is 0.382 e. The van der Waals surface area contributed by atoms with Crippen molar-refractivity contribution in [1.29, 1.82) is 0 Å². The highest BCUT2D eigenvalue weighted by atomic mass is 14.9. The summed E-state index contributed by atoms with van der Waals surface area (Å²) in [4.78, 5) is 0. The second-order valence-corrected chi connectivity index (χ2v) is 11.6. The molecule has 1 aromatic carbocycles. The maximum absolute atomic E-state index is 4.38. The number of fused-ring (bicyclic) bond motifs is 1. The standard InChI is InChI=1S/C34H46N2.C3H6.C2H6/c1-9-11-17-30-26(5)29-18-12-13-19-31(29)32(30)23-35-20-15-14-16-28(10-2)36-27(6)33-24(3)21-34(7,8)22-25(33)4;1-3-2;1-2/h9-13,17-19,28,32,35-36H,2-5,14-16,20-23H2,1,6-8H3;3H,1H2,2H3;1-2H3/b11-9-,30-17+;;. The molecule has 1 aromatic rings. The summed E-state index contributed by atoms with van der Waals surface area (Å²) in [7, 11) is 0. The van der Waals surface area contributed by atoms with Gasteiger partial charge in [0.15, 0.2) is 0 Å². The first-order valence-electron chi connectivity index (χ1n) is 15.5. The Balaban J connectivity index is 0.00000157. The van der Waals surface area contributed by atoms with Crippen LogP contribution >= 0.6 is 0 Å². The van der Waals surface area contributed by atoms with E-state index >= 15 is 0 Å². The summed E-state index contributed by atoms with van der Waals surface area (Å²) in [6, 6.07) is 8.94. The van der Waals surface area contributed by atoms with E-state index in [9.17, 15) is 0 Å². The van der Waals surface area contributed by atoms with Crippen LogP contribution < -0.4 is 10.6 Å². The molecule has 0 heterocycles. The normalized spacial score (nSPS) is 19.1. The lowest BCUT2D eigenvalue weighted by molar-refractivity contribution is 0.348. The Morgan fingerprint density at radius 3 is 2.22 bits per heavy atom. The van der Waals surface area contributed by atoms with Crippen molar-refractivity contribution in [3.63, 3.8) is 0 Å². The van der Waals surface area contributed by atoms with Crippen LogP contribution in [-0.2, 0) is 0 Å². The average Bonchev–Trinajstić information content (AvgIpc) is 3.19. The number of nitrogens with one attached hydrogen (secondary N) is 2. The van der Waals surface area contributed by atoms with Crippen molar-refractivity contribution in [1.82, 2.24) is 10.6 Å². The van der Waals surface area contributed by atoms with Crippen LogP contribution in [-0.4, -0.2) is 19.1 Å². The van der Waals surface area contributed by atoms with Gasteiger partial charge in [0.2, 0.25) is 0 Å². The zero-order valence-corrected chi connectivity index (χ0v) is 27.3. The van der Waals surface area contributed by atoms with E-state index in [4.69, 9.17) is 0 Å². The van der Waals surface area contributed by atoms with Crippen LogP contribution in [0.25, 0.3) is 5.57 Å². The maximum Gasteiger partial charge on any atom is 0.0438 e. The molecule has 0 bridgehead atoms. The summed E-state index contributed by atoms with van der Waals surface area (Å²) in [6.45, 7) is 37.2. The highest BCUT2D eigenvalue weighted by molar-refractivity contribution is 5.87. The average molecular weight is 555 g/mol. The van der Waals surface area contributed by atoms with Crippen LogP contribution in [0.5, 0.6) is 0 Å². The third-order valence-electron chi connectivity index (χ3n) is 7.47. The van der Waals surface area contributed by atoms with Crippen LogP contribution in [0.1, 0.15) is 97.6 Å². The molecule has 41 heavy (non-hydrogen) atoms. The van der Waals surface area contributed by atoms with Crippen LogP contribution in [0, 0.1) is 5.41 Å². The van der Waals surface area contributed by atoms with Gasteiger partial charge in [0.1, 0.15) is 0 Å². The molecule has 224 valence electrons. The number of hydrogen-bond acceptors (Lipinski definition) is 2. The monoisotopic (exact) mass is 554 g/mol. The Labute approximate surface area is 253 Å². The van der Waals surface area contributed by atoms with Gasteiger partial charge in [-0.1, -0.05) is 102 Å². The summed E-state index contributed by atoms with van der Waals surface area (Å²) in [5.41, 5.74) is 10.2. The summed E-state index contributed by atoms with van der Waals surface area (Å²) >= 11 is 0. The molecule has 0 amide bonds. The summed E-state index contributed by atoms with van der Waals surface area (Å²) in [5, 5.41) is 7.41. The highest BCUT2D eigenvalue weighted by Gasteiger charge is 2.30. The molecule has 2 heteroatoms. The molecule has 0 radical (unpaired) electrons. The number of rotatable bonds is 11. The lowest BCUT2D eigenvalue weighted by Gasteiger charge is -2.35. The first kappa shape index (κ1) is 35.9. The Hall–Kier alpha value is -3.10. The zero-order valence-electron chi connectivity index (χ0n) is 27.3. The van der Waals surface area contributed by atoms with Crippen molar-refractivity contribution in [2.75, 3.05) is 13.1 Å². The van der Waals surface area contributed by atoms with Gasteiger partial charge in [-0.2, -0.15) is 0 Å². The molecule has 2 N–H and O–H groups in total. The lowest BCUT2D eigenvalue weighted by atomic mass is 9.70. The van der Waals surface area contributed by atoms with E-state index in [1.807, 2.05) is 26.8 Å². The Kier molecular flexibility index (Phi) is 16.1. The molecule has 0 spiro atoms. The maximum atomic E-state index is 4.38. The molecule has 0 saturated heterocycles. The molecular formula is C39H58N2. The minimum atomic E-state index is 0.250. The van der Waals surface area contributed by atoms with Crippen molar-refractivity contribution >= 4 is 5.57 Å². The van der Waals surface area contributed by atoms with E-state index in [1.54, 1.807) is 6.08 Å². The van der Waals surface area contributed by atoms with Crippen molar-refractivity contribution in [2.45, 2.75) is 92.5 Å². The van der Waals surface area contributed by atoms with Crippen molar-refractivity contribution in [2.24, 2.45) is 5.41 Å². The van der Waals surface area contributed by atoms with Gasteiger partial charge in [-0.3, -0.25) is 0 Å². The number of allylic oxidation sites excluding steroid dienone is 9. The van der Waals surface area contributed by atoms with Crippen molar-refractivity contribution < 1.29 is 0 Å². The molecule has 1 fully saturated rings. The zero-order chi connectivity index (χ0) is 31.0. The van der Waals surface area contributed by atoms with Crippen molar-refractivity contribution in [3.8, 4) is 0 Å². The van der Waals surface area contributed by atoms with Gasteiger partial charge >= 0.3 is 0 Å². The topological polar surface area (TPSA) is 24.1 Å². The Morgan fingerprint density at radius 1 is 1.02 bits per heavy atom. The van der Waals surface area contributed by atoms with Gasteiger partial charge in [0.05, 0.1) is 0 Å². The van der Waals surface area contributed by atoms with Crippen LogP contribution in [0.15, 0.2) is 116 Å². The first-order valence-corrected chi connectivity index (χ1v) is 15.5. The summed E-state index contributed by atoms with van der Waals surface area (Å²) in [5.74, 6) is 0.364. The minimum Gasteiger partial charge on any atom is -0.382 e. The molecule has 2 nitrogen and oxygen atoms in total. The number of hydrogen-bond donors (Lipinski definition) is 2. The third kappa shape index (κ3) is 10.7. The fourth-order valence-corrected chi connectivity index (χ4v) is 5.88. The molecule has 0 aliphatic heterocycles. The van der Waals surface area contributed by atoms with Gasteiger partial charge in [-0.15, -0.1) is 13.2 Å². The highest BCUT2D eigenvalue weighted by Crippen LogP contribution is 2.45. The van der Waals surface area contributed by atoms with Gasteiger partial charge in [-0.25, -0.2) is 0 Å². The molecule has 2 unspecified atom stereocenters. The Bertz CT molecular complexity index is 1120. The van der Waals surface area contributed by atoms with Gasteiger partial charge in [-0.05, 0) is 104 Å². The van der Waals surface area contributed by atoms with Gasteiger partial charge in [0.25, 0.3) is 0 Å². The quantitative estimate of drug-likeness (QED) is 0.210. The van der Waals surface area contributed by atoms with E-state index in [-0.39, 0.29) is 11.5 Å². The van der Waals surface area contributed by atoms with E-state index in [0.29, 0.717) is 5.92 Å². The SMILES string of the molecule is C=CC.C=CC(CCCCNCC1/C(=C/C=C\C)C(=C)c2ccccc21)NC(C)=C1C(=C)CC(C)(C)CC1=C.CC. The van der Waals surface area contributed by atoms with Gasteiger partial charge in [0, 0.05) is 24.2 Å². The van der Waals surface area contributed by atoms with Crippen LogP contribution in [0.4, 0.5) is 0 Å². The first-order chi connectivity index (χ1) is 19.6. The predicted molar refractivity (Wildman–Crippen MR) is 186 cm³/mol. The van der Waals surface area contributed by atoms with Crippen LogP contribution in [0.2, 0.25) is 0 Å². The smallest absolute Gasteiger partial charge is 0.0438 e. The molecule has 2 aliphatic rings. The molecule has 3 rings (SSSR count). The Morgan fingerprint density at radius 2 is 1.63 bits per heavy atom. The van der Waals surface area contributed by atoms with E-state index in [1.165, 1.54) is 39.1 Å². The molecule has 0 aromatic heterocycles. The van der Waals surface area contributed by atoms with Crippen molar-refractivity contribution in [3.05, 3.63) is 127 Å². The predicted octanol–water partition coefficient (Wildman–Crippen LogP) is 10.6. The molecule has 2 aliphatic carbocycles. The minimum absolute atomic E-state index is 0.250. The van der Waals surface area contributed by atoms with Crippen LogP contribution in [0.3, 0.4) is 0 Å². The second-order valence-electron chi connectivity index (χ2n) is 11.6. The fourth-order valence-electron chi connectivity index (χ4n) is 5.88. The van der Waals surface area contributed by atoms with E-state index in [0.717, 1.165) is 50.8 Å².